The lowest BCUT2D eigenvalue weighted by atomic mass is 10.0. The maximum absolute atomic E-state index is 12.2. The zero-order valence-electron chi connectivity index (χ0n) is 12.7. The van der Waals surface area contributed by atoms with Crippen LogP contribution in [0, 0.1) is 0 Å². The van der Waals surface area contributed by atoms with Crippen LogP contribution < -0.4 is 10.0 Å². The van der Waals surface area contributed by atoms with Crippen molar-refractivity contribution in [3.63, 3.8) is 0 Å². The molecule has 1 aliphatic heterocycles. The molecule has 0 aromatic rings. The molecule has 0 aromatic carbocycles. The van der Waals surface area contributed by atoms with Crippen LogP contribution in [0.25, 0.3) is 0 Å². The molecule has 0 spiro atoms. The zero-order chi connectivity index (χ0) is 15.2. The maximum Gasteiger partial charge on any atom is 0.224 e. The van der Waals surface area contributed by atoms with Crippen LogP contribution in [0.15, 0.2) is 0 Å². The molecule has 7 heteroatoms. The van der Waals surface area contributed by atoms with Gasteiger partial charge in [-0.2, -0.15) is 0 Å². The van der Waals surface area contributed by atoms with Gasteiger partial charge in [-0.25, -0.2) is 13.1 Å². The van der Waals surface area contributed by atoms with Crippen LogP contribution in [0.4, 0.5) is 0 Å². The summed E-state index contributed by atoms with van der Waals surface area (Å²) in [6.45, 7) is 5.81. The highest BCUT2D eigenvalue weighted by molar-refractivity contribution is 7.88. The minimum atomic E-state index is -3.20. The number of hydrogen-bond acceptors (Lipinski definition) is 4. The van der Waals surface area contributed by atoms with Gasteiger partial charge in [0.1, 0.15) is 0 Å². The Morgan fingerprint density at radius 3 is 2.65 bits per heavy atom. The topological polar surface area (TPSA) is 78.5 Å². The van der Waals surface area contributed by atoms with E-state index in [1.54, 1.807) is 0 Å². The summed E-state index contributed by atoms with van der Waals surface area (Å²) in [5, 5.41) is 3.23. The van der Waals surface area contributed by atoms with E-state index in [-0.39, 0.29) is 11.9 Å². The Balaban J connectivity index is 2.48. The van der Waals surface area contributed by atoms with Crippen LogP contribution in [0.3, 0.4) is 0 Å². The molecule has 1 saturated heterocycles. The molecule has 1 unspecified atom stereocenters. The summed E-state index contributed by atoms with van der Waals surface area (Å²) in [5.74, 6) is 0.109. The number of piperidine rings is 1. The molecule has 118 valence electrons. The van der Waals surface area contributed by atoms with E-state index in [0.29, 0.717) is 25.6 Å². The van der Waals surface area contributed by atoms with Crippen molar-refractivity contribution in [3.05, 3.63) is 0 Å². The summed E-state index contributed by atoms with van der Waals surface area (Å²) in [6.07, 6.45) is 4.52. The number of carbonyl (C=O) groups excluding carboxylic acids is 1. The molecule has 2 N–H and O–H groups in total. The summed E-state index contributed by atoms with van der Waals surface area (Å²) in [5.41, 5.74) is 0. The first-order valence-corrected chi connectivity index (χ1v) is 9.16. The quantitative estimate of drug-likeness (QED) is 0.709. The Morgan fingerprint density at radius 2 is 2.05 bits per heavy atom. The Kier molecular flexibility index (Phi) is 6.91. The van der Waals surface area contributed by atoms with Gasteiger partial charge >= 0.3 is 0 Å². The van der Waals surface area contributed by atoms with Gasteiger partial charge < -0.3 is 10.2 Å². The van der Waals surface area contributed by atoms with Gasteiger partial charge in [0, 0.05) is 38.1 Å². The van der Waals surface area contributed by atoms with Crippen molar-refractivity contribution in [1.82, 2.24) is 14.9 Å². The summed E-state index contributed by atoms with van der Waals surface area (Å²) in [6, 6.07) is 0.358. The average molecular weight is 305 g/mol. The average Bonchev–Trinajstić information content (AvgIpc) is 2.35. The Labute approximate surface area is 122 Å². The second-order valence-corrected chi connectivity index (χ2v) is 7.55. The van der Waals surface area contributed by atoms with Gasteiger partial charge in [0.2, 0.25) is 15.9 Å². The highest BCUT2D eigenvalue weighted by Gasteiger charge is 2.26. The molecular formula is C13H27N3O3S. The molecule has 0 aromatic heterocycles. The molecule has 1 aliphatic rings. The lowest BCUT2D eigenvalue weighted by molar-refractivity contribution is -0.134. The van der Waals surface area contributed by atoms with Crippen molar-refractivity contribution in [2.24, 2.45) is 0 Å². The molecule has 1 amide bonds. The number of rotatable bonds is 7. The summed E-state index contributed by atoms with van der Waals surface area (Å²) < 4.78 is 24.9. The van der Waals surface area contributed by atoms with E-state index in [2.05, 4.69) is 10.0 Å². The molecule has 1 heterocycles. The monoisotopic (exact) mass is 305 g/mol. The Hall–Kier alpha value is -0.660. The molecule has 1 atom stereocenters. The third kappa shape index (κ3) is 6.67. The lowest BCUT2D eigenvalue weighted by Gasteiger charge is -2.36. The zero-order valence-corrected chi connectivity index (χ0v) is 13.5. The Morgan fingerprint density at radius 1 is 1.35 bits per heavy atom. The van der Waals surface area contributed by atoms with Gasteiger partial charge in [0.05, 0.1) is 6.26 Å². The fourth-order valence-corrected chi connectivity index (χ4v) is 2.90. The normalized spacial score (nSPS) is 20.4. The molecule has 0 saturated carbocycles. The molecule has 0 radical (unpaired) electrons. The number of carbonyl (C=O) groups is 1. The van der Waals surface area contributed by atoms with Gasteiger partial charge in [0.15, 0.2) is 0 Å². The first-order chi connectivity index (χ1) is 9.29. The van der Waals surface area contributed by atoms with E-state index < -0.39 is 10.0 Å². The van der Waals surface area contributed by atoms with Crippen molar-refractivity contribution in [2.45, 2.75) is 51.6 Å². The van der Waals surface area contributed by atoms with Crippen LogP contribution in [0.5, 0.6) is 0 Å². The molecule has 1 rings (SSSR count). The molecule has 0 bridgehead atoms. The number of likely N-dealkylation sites (tertiary alicyclic amines) is 1. The minimum Gasteiger partial charge on any atom is -0.338 e. The predicted molar refractivity (Wildman–Crippen MR) is 80.0 cm³/mol. The van der Waals surface area contributed by atoms with Crippen LogP contribution >= 0.6 is 0 Å². The smallest absolute Gasteiger partial charge is 0.224 e. The van der Waals surface area contributed by atoms with E-state index in [0.717, 1.165) is 32.1 Å². The predicted octanol–water partition coefficient (Wildman–Crippen LogP) is 0.305. The van der Waals surface area contributed by atoms with Gasteiger partial charge in [-0.3, -0.25) is 4.79 Å². The van der Waals surface area contributed by atoms with E-state index in [9.17, 15) is 13.2 Å². The molecule has 6 nitrogen and oxygen atoms in total. The highest BCUT2D eigenvalue weighted by Crippen LogP contribution is 2.17. The SMILES string of the molecule is CC(C)NCCC(=O)N1CCCCC1CNS(C)(=O)=O. The summed E-state index contributed by atoms with van der Waals surface area (Å²) in [7, 11) is -3.20. The van der Waals surface area contributed by atoms with Crippen LogP contribution in [-0.2, 0) is 14.8 Å². The Bertz CT molecular complexity index is 409. The van der Waals surface area contributed by atoms with Crippen LogP contribution in [-0.4, -0.2) is 57.2 Å². The third-order valence-electron chi connectivity index (χ3n) is 3.42. The van der Waals surface area contributed by atoms with E-state index >= 15 is 0 Å². The number of nitrogens with zero attached hydrogens (tertiary/aromatic N) is 1. The van der Waals surface area contributed by atoms with Gasteiger partial charge in [0.25, 0.3) is 0 Å². The highest BCUT2D eigenvalue weighted by atomic mass is 32.2. The second-order valence-electron chi connectivity index (χ2n) is 5.72. The number of nitrogens with one attached hydrogen (secondary N) is 2. The van der Waals surface area contributed by atoms with E-state index in [1.165, 1.54) is 0 Å². The first-order valence-electron chi connectivity index (χ1n) is 7.27. The van der Waals surface area contributed by atoms with E-state index in [4.69, 9.17) is 0 Å². The van der Waals surface area contributed by atoms with Crippen LogP contribution in [0.2, 0.25) is 0 Å². The number of hydrogen-bond donors (Lipinski definition) is 2. The fraction of sp³-hybridized carbons (Fsp3) is 0.923. The van der Waals surface area contributed by atoms with Crippen molar-refractivity contribution >= 4 is 15.9 Å². The van der Waals surface area contributed by atoms with Gasteiger partial charge in [-0.15, -0.1) is 0 Å². The van der Waals surface area contributed by atoms with Crippen LogP contribution in [0.1, 0.15) is 39.5 Å². The first kappa shape index (κ1) is 17.4. The minimum absolute atomic E-state index is 0.00924. The van der Waals surface area contributed by atoms with E-state index in [1.807, 2.05) is 18.7 Å². The molecule has 0 aliphatic carbocycles. The molecular weight excluding hydrogens is 278 g/mol. The standard InChI is InChI=1S/C13H27N3O3S/c1-11(2)14-8-7-13(17)16-9-5-4-6-12(16)10-15-20(3,18)19/h11-12,14-15H,4-10H2,1-3H3. The largest absolute Gasteiger partial charge is 0.338 e. The van der Waals surface area contributed by atoms with Gasteiger partial charge in [-0.1, -0.05) is 13.8 Å². The lowest BCUT2D eigenvalue weighted by Crippen LogP contribution is -2.49. The summed E-state index contributed by atoms with van der Waals surface area (Å²) in [4.78, 5) is 14.1. The van der Waals surface area contributed by atoms with Crippen molar-refractivity contribution in [3.8, 4) is 0 Å². The van der Waals surface area contributed by atoms with Crippen molar-refractivity contribution < 1.29 is 13.2 Å². The second kappa shape index (κ2) is 7.95. The molecule has 1 fully saturated rings. The summed E-state index contributed by atoms with van der Waals surface area (Å²) >= 11 is 0. The van der Waals surface area contributed by atoms with Crippen molar-refractivity contribution in [2.75, 3.05) is 25.9 Å². The van der Waals surface area contributed by atoms with Gasteiger partial charge in [-0.05, 0) is 19.3 Å². The maximum atomic E-state index is 12.2. The van der Waals surface area contributed by atoms with Crippen molar-refractivity contribution in [1.29, 1.82) is 0 Å². The fourth-order valence-electron chi connectivity index (χ4n) is 2.40. The number of sulfonamides is 1. The number of amides is 1. The molecule has 20 heavy (non-hydrogen) atoms. The third-order valence-corrected chi connectivity index (χ3v) is 4.11.